The summed E-state index contributed by atoms with van der Waals surface area (Å²) in [5, 5.41) is 27.3. The minimum atomic E-state index is -0.766. The average molecular weight is 435 g/mol. The number of nitro benzene ring substituents is 1. The van der Waals surface area contributed by atoms with Gasteiger partial charge in [0.25, 0.3) is 11.6 Å². The Kier molecular flexibility index (Phi) is 6.60. The summed E-state index contributed by atoms with van der Waals surface area (Å²) in [4.78, 5) is 23.3. The number of benzene rings is 2. The van der Waals surface area contributed by atoms with Crippen molar-refractivity contribution in [3.05, 3.63) is 91.8 Å². The van der Waals surface area contributed by atoms with Gasteiger partial charge in [-0.25, -0.2) is 0 Å². The van der Waals surface area contributed by atoms with Crippen LogP contribution in [0.1, 0.15) is 22.6 Å². The molecular formula is C22H15ClN4O4. The van der Waals surface area contributed by atoms with Gasteiger partial charge in [-0.3, -0.25) is 14.9 Å². The summed E-state index contributed by atoms with van der Waals surface area (Å²) in [6.45, 7) is 1.64. The Hall–Kier alpha value is -4.22. The number of hydrogen-bond acceptors (Lipinski definition) is 6. The number of nitrogens with one attached hydrogen (secondary N) is 1. The number of anilines is 1. The van der Waals surface area contributed by atoms with E-state index < -0.39 is 10.8 Å². The van der Waals surface area contributed by atoms with Crippen LogP contribution < -0.4 is 5.32 Å². The van der Waals surface area contributed by atoms with E-state index in [-0.39, 0.29) is 21.8 Å². The van der Waals surface area contributed by atoms with Crippen LogP contribution in [0, 0.1) is 28.4 Å². The molecule has 3 aromatic rings. The smallest absolute Gasteiger partial charge is 0.276 e. The fourth-order valence-electron chi connectivity index (χ4n) is 2.68. The zero-order chi connectivity index (χ0) is 22.4. The van der Waals surface area contributed by atoms with Gasteiger partial charge in [-0.05, 0) is 36.8 Å². The molecule has 9 heteroatoms. The van der Waals surface area contributed by atoms with Crippen LogP contribution in [0.25, 0.3) is 18.2 Å². The third-order valence-corrected chi connectivity index (χ3v) is 4.44. The molecule has 0 saturated carbocycles. The van der Waals surface area contributed by atoms with Crippen LogP contribution in [0.2, 0.25) is 5.02 Å². The minimum Gasteiger partial charge on any atom is -0.354 e. The molecule has 0 spiro atoms. The summed E-state index contributed by atoms with van der Waals surface area (Å²) in [6, 6.07) is 15.1. The van der Waals surface area contributed by atoms with Crippen LogP contribution in [0.4, 0.5) is 11.4 Å². The van der Waals surface area contributed by atoms with Crippen LogP contribution >= 0.6 is 11.6 Å². The zero-order valence-corrected chi connectivity index (χ0v) is 17.0. The lowest BCUT2D eigenvalue weighted by Crippen LogP contribution is -2.14. The topological polar surface area (TPSA) is 122 Å². The number of amides is 1. The Morgan fingerprint density at radius 2 is 2.00 bits per heavy atom. The molecule has 0 fully saturated rings. The Balaban J connectivity index is 1.89. The highest BCUT2D eigenvalue weighted by Gasteiger charge is 2.19. The lowest BCUT2D eigenvalue weighted by atomic mass is 10.1. The number of nitro groups is 1. The number of nitrogens with zero attached hydrogens (tertiary/aromatic N) is 3. The molecule has 0 unspecified atom stereocenters. The first-order valence-electron chi connectivity index (χ1n) is 8.95. The van der Waals surface area contributed by atoms with E-state index in [2.05, 4.69) is 10.5 Å². The highest BCUT2D eigenvalue weighted by atomic mass is 35.5. The van der Waals surface area contributed by atoms with Gasteiger partial charge in [0.2, 0.25) is 0 Å². The molecule has 1 N–H and O–H groups in total. The number of carbonyl (C=O) groups is 1. The molecule has 0 aliphatic heterocycles. The van der Waals surface area contributed by atoms with Crippen molar-refractivity contribution in [3.63, 3.8) is 0 Å². The van der Waals surface area contributed by atoms with Gasteiger partial charge in [0, 0.05) is 11.1 Å². The van der Waals surface area contributed by atoms with E-state index in [1.807, 2.05) is 30.3 Å². The second-order valence-electron chi connectivity index (χ2n) is 6.34. The Morgan fingerprint density at radius 3 is 2.68 bits per heavy atom. The molecule has 1 heterocycles. The third-order valence-electron chi connectivity index (χ3n) is 4.21. The maximum Gasteiger partial charge on any atom is 0.276 e. The molecular weight excluding hydrogens is 420 g/mol. The van der Waals surface area contributed by atoms with Crippen LogP contribution in [0.3, 0.4) is 0 Å². The van der Waals surface area contributed by atoms with Crippen molar-refractivity contribution >= 4 is 47.1 Å². The molecule has 8 nitrogen and oxygen atoms in total. The Morgan fingerprint density at radius 1 is 1.26 bits per heavy atom. The van der Waals surface area contributed by atoms with Crippen molar-refractivity contribution in [1.29, 1.82) is 5.26 Å². The normalized spacial score (nSPS) is 11.3. The Bertz CT molecular complexity index is 1240. The largest absolute Gasteiger partial charge is 0.354 e. The minimum absolute atomic E-state index is 0.0374. The molecule has 0 radical (unpaired) electrons. The molecule has 154 valence electrons. The summed E-state index contributed by atoms with van der Waals surface area (Å²) in [5.74, 6) is -0.474. The second-order valence-corrected chi connectivity index (χ2v) is 6.77. The van der Waals surface area contributed by atoms with Crippen molar-refractivity contribution in [3.8, 4) is 6.07 Å². The monoisotopic (exact) mass is 434 g/mol. The van der Waals surface area contributed by atoms with Crippen LogP contribution in [0.15, 0.2) is 58.6 Å². The van der Waals surface area contributed by atoms with Crippen molar-refractivity contribution in [2.75, 3.05) is 5.32 Å². The lowest BCUT2D eigenvalue weighted by molar-refractivity contribution is -0.385. The molecule has 3 rings (SSSR count). The predicted molar refractivity (Wildman–Crippen MR) is 117 cm³/mol. The standard InChI is InChI=1S/C22H15ClN4O4/c1-14-21(20(31-26-14)10-7-15-5-3-2-4-6-15)25-22(28)17(13-24)11-16-12-18(23)8-9-19(16)27(29)30/h2-12H,1H3,(H,25,28)/b10-7+,17-11+. The van der Waals surface area contributed by atoms with Gasteiger partial charge in [-0.2, -0.15) is 5.26 Å². The van der Waals surface area contributed by atoms with Crippen LogP contribution in [0.5, 0.6) is 0 Å². The van der Waals surface area contributed by atoms with Crippen LogP contribution in [-0.2, 0) is 4.79 Å². The summed E-state index contributed by atoms with van der Waals surface area (Å²) in [5.41, 5.74) is 1.03. The van der Waals surface area contributed by atoms with E-state index in [0.717, 1.165) is 11.6 Å². The third kappa shape index (κ3) is 5.23. The molecule has 0 aliphatic carbocycles. The van der Waals surface area contributed by atoms with E-state index in [0.29, 0.717) is 17.1 Å². The van der Waals surface area contributed by atoms with Crippen molar-refractivity contribution < 1.29 is 14.2 Å². The summed E-state index contributed by atoms with van der Waals surface area (Å²) < 4.78 is 5.26. The summed E-state index contributed by atoms with van der Waals surface area (Å²) >= 11 is 5.91. The molecule has 2 aromatic carbocycles. The van der Waals surface area contributed by atoms with E-state index >= 15 is 0 Å². The van der Waals surface area contributed by atoms with Crippen molar-refractivity contribution in [2.45, 2.75) is 6.92 Å². The van der Waals surface area contributed by atoms with Gasteiger partial charge >= 0.3 is 0 Å². The number of aryl methyl sites for hydroxylation is 1. The number of aromatic nitrogens is 1. The summed E-state index contributed by atoms with van der Waals surface area (Å²) in [7, 11) is 0. The van der Waals surface area contributed by atoms with E-state index in [4.69, 9.17) is 16.1 Å². The fourth-order valence-corrected chi connectivity index (χ4v) is 2.86. The maximum atomic E-state index is 12.7. The summed E-state index contributed by atoms with van der Waals surface area (Å²) in [6.07, 6.45) is 4.54. The lowest BCUT2D eigenvalue weighted by Gasteiger charge is -2.04. The van der Waals surface area contributed by atoms with Gasteiger partial charge in [-0.1, -0.05) is 53.2 Å². The first-order valence-corrected chi connectivity index (χ1v) is 9.33. The van der Waals surface area contributed by atoms with E-state index in [1.165, 1.54) is 18.2 Å². The van der Waals surface area contributed by atoms with Gasteiger partial charge < -0.3 is 9.84 Å². The molecule has 0 bridgehead atoms. The predicted octanol–water partition coefficient (Wildman–Crippen LogP) is 5.26. The quantitative estimate of drug-likeness (QED) is 0.244. The number of carbonyl (C=O) groups excluding carboxylic acids is 1. The van der Waals surface area contributed by atoms with E-state index in [1.54, 1.807) is 25.1 Å². The number of halogens is 1. The first kappa shape index (κ1) is 21.5. The first-order chi connectivity index (χ1) is 14.9. The second kappa shape index (κ2) is 9.52. The highest BCUT2D eigenvalue weighted by molar-refractivity contribution is 6.30. The number of hydrogen-bond donors (Lipinski definition) is 1. The molecule has 1 aromatic heterocycles. The van der Waals surface area contributed by atoms with Gasteiger partial charge in [-0.15, -0.1) is 0 Å². The highest BCUT2D eigenvalue weighted by Crippen LogP contribution is 2.26. The average Bonchev–Trinajstić information content (AvgIpc) is 3.10. The van der Waals surface area contributed by atoms with Crippen molar-refractivity contribution in [1.82, 2.24) is 5.16 Å². The van der Waals surface area contributed by atoms with Crippen LogP contribution in [-0.4, -0.2) is 16.0 Å². The van der Waals surface area contributed by atoms with Gasteiger partial charge in [0.05, 0.1) is 10.5 Å². The molecule has 31 heavy (non-hydrogen) atoms. The van der Waals surface area contributed by atoms with Gasteiger partial charge in [0.1, 0.15) is 23.0 Å². The van der Waals surface area contributed by atoms with Gasteiger partial charge in [0.15, 0.2) is 5.76 Å². The SMILES string of the molecule is Cc1noc(/C=C/c2ccccc2)c1NC(=O)/C(C#N)=C/c1cc(Cl)ccc1[N+](=O)[O-]. The molecule has 1 amide bonds. The zero-order valence-electron chi connectivity index (χ0n) is 16.2. The van der Waals surface area contributed by atoms with E-state index in [9.17, 15) is 20.2 Å². The van der Waals surface area contributed by atoms with Crippen molar-refractivity contribution in [2.24, 2.45) is 0 Å². The number of nitriles is 1. The number of rotatable bonds is 6. The fraction of sp³-hybridized carbons (Fsp3) is 0.0455. The Labute approximate surface area is 182 Å². The molecule has 0 atom stereocenters. The maximum absolute atomic E-state index is 12.7. The molecule has 0 saturated heterocycles. The molecule has 0 aliphatic rings.